The lowest BCUT2D eigenvalue weighted by Crippen LogP contribution is -2.03. The predicted octanol–water partition coefficient (Wildman–Crippen LogP) is 5.50. The minimum absolute atomic E-state index is 0.0392. The summed E-state index contributed by atoms with van der Waals surface area (Å²) in [6.45, 7) is 4.51. The van der Waals surface area contributed by atoms with E-state index >= 15 is 0 Å². The third kappa shape index (κ3) is 3.94. The van der Waals surface area contributed by atoms with Crippen molar-refractivity contribution < 1.29 is 9.53 Å². The van der Waals surface area contributed by atoms with E-state index in [1.807, 2.05) is 43.5 Å². The highest BCUT2D eigenvalue weighted by atomic mass is 32.2. The highest BCUT2D eigenvalue weighted by Crippen LogP contribution is 2.36. The zero-order valence-corrected chi connectivity index (χ0v) is 17.8. The summed E-state index contributed by atoms with van der Waals surface area (Å²) < 4.78 is 6.44. The van der Waals surface area contributed by atoms with Gasteiger partial charge in [0.05, 0.1) is 26.9 Å². The van der Waals surface area contributed by atoms with Crippen LogP contribution in [0.15, 0.2) is 46.8 Å². The molecule has 0 saturated heterocycles. The number of thiazole rings is 1. The van der Waals surface area contributed by atoms with E-state index in [9.17, 15) is 4.79 Å². The fourth-order valence-electron chi connectivity index (χ4n) is 2.71. The van der Waals surface area contributed by atoms with Crippen molar-refractivity contribution >= 4 is 50.4 Å². The lowest BCUT2D eigenvalue weighted by Gasteiger charge is -2.05. The van der Waals surface area contributed by atoms with Crippen molar-refractivity contribution in [3.05, 3.63) is 52.3 Å². The Labute approximate surface area is 174 Å². The van der Waals surface area contributed by atoms with Gasteiger partial charge in [0.25, 0.3) is 0 Å². The summed E-state index contributed by atoms with van der Waals surface area (Å²) >= 11 is 4.62. The van der Waals surface area contributed by atoms with Gasteiger partial charge in [-0.25, -0.2) is 4.98 Å². The summed E-state index contributed by atoms with van der Waals surface area (Å²) in [4.78, 5) is 18.3. The number of thiophene rings is 1. The molecule has 0 aliphatic rings. The maximum atomic E-state index is 12.6. The number of Topliss-reactive ketones (excluding diaryl/α,β-unsaturated/α-hetero) is 1. The van der Waals surface area contributed by atoms with E-state index in [-0.39, 0.29) is 11.5 Å². The van der Waals surface area contributed by atoms with E-state index in [1.165, 1.54) is 11.8 Å². The van der Waals surface area contributed by atoms with Crippen molar-refractivity contribution in [2.24, 2.45) is 0 Å². The van der Waals surface area contributed by atoms with Gasteiger partial charge in [-0.3, -0.25) is 4.79 Å². The smallest absolute Gasteiger partial charge is 0.173 e. The van der Waals surface area contributed by atoms with Gasteiger partial charge >= 0.3 is 0 Å². The summed E-state index contributed by atoms with van der Waals surface area (Å²) in [5, 5.41) is 12.5. The number of thioether (sulfide) groups is 1. The Bertz CT molecular complexity index is 1110. The van der Waals surface area contributed by atoms with Crippen LogP contribution in [0.1, 0.15) is 22.3 Å². The van der Waals surface area contributed by atoms with Gasteiger partial charge in [-0.05, 0) is 49.6 Å². The molecule has 4 rings (SSSR count). The maximum Gasteiger partial charge on any atom is 0.173 e. The third-order valence-electron chi connectivity index (χ3n) is 3.97. The van der Waals surface area contributed by atoms with Crippen LogP contribution < -0.4 is 4.74 Å². The second-order valence-electron chi connectivity index (χ2n) is 5.91. The highest BCUT2D eigenvalue weighted by Gasteiger charge is 2.17. The molecular weight excluding hydrogens is 410 g/mol. The molecule has 8 heteroatoms. The number of benzene rings is 1. The highest BCUT2D eigenvalue weighted by molar-refractivity contribution is 8.00. The van der Waals surface area contributed by atoms with Crippen LogP contribution >= 0.6 is 34.4 Å². The van der Waals surface area contributed by atoms with Crippen molar-refractivity contribution in [3.8, 4) is 16.3 Å². The molecule has 3 aromatic heterocycles. The van der Waals surface area contributed by atoms with Crippen LogP contribution in [0, 0.1) is 6.92 Å². The Kier molecular flexibility index (Phi) is 5.70. The molecule has 0 atom stereocenters. The third-order valence-corrected chi connectivity index (χ3v) is 6.78. The molecular formula is C20H17N3O2S3. The molecule has 1 aromatic carbocycles. The second kappa shape index (κ2) is 8.38. The largest absolute Gasteiger partial charge is 0.494 e. The molecule has 28 heavy (non-hydrogen) atoms. The standard InChI is InChI=1S/C20H17N3O2S3/c1-3-25-14-8-6-13(7-9-14)15(24)11-27-20-18-19(28-12(2)21-18)17(22-23-20)16-5-4-10-26-16/h4-10H,3,11H2,1-2H3. The van der Waals surface area contributed by atoms with Crippen LogP contribution in [0.5, 0.6) is 5.75 Å². The molecule has 0 N–H and O–H groups in total. The van der Waals surface area contributed by atoms with Gasteiger partial charge in [0.2, 0.25) is 0 Å². The van der Waals surface area contributed by atoms with Crippen molar-refractivity contribution in [2.75, 3.05) is 12.4 Å². The topological polar surface area (TPSA) is 65.0 Å². The number of aryl methyl sites for hydroxylation is 1. The van der Waals surface area contributed by atoms with Crippen molar-refractivity contribution in [1.29, 1.82) is 0 Å². The van der Waals surface area contributed by atoms with Gasteiger partial charge in [0, 0.05) is 5.56 Å². The van der Waals surface area contributed by atoms with Crippen LogP contribution in [0.4, 0.5) is 0 Å². The number of hydrogen-bond acceptors (Lipinski definition) is 8. The Morgan fingerprint density at radius 1 is 1.18 bits per heavy atom. The molecule has 0 bridgehead atoms. The van der Waals surface area contributed by atoms with E-state index in [0.29, 0.717) is 17.2 Å². The SMILES string of the molecule is CCOc1ccc(C(=O)CSc2nnc(-c3cccs3)c3sc(C)nc23)cc1. The first-order chi connectivity index (χ1) is 13.7. The van der Waals surface area contributed by atoms with E-state index in [2.05, 4.69) is 15.2 Å². The molecule has 0 aliphatic carbocycles. The van der Waals surface area contributed by atoms with Crippen molar-refractivity contribution in [2.45, 2.75) is 18.9 Å². The second-order valence-corrected chi connectivity index (χ2v) is 9.03. The molecule has 5 nitrogen and oxygen atoms in total. The van der Waals surface area contributed by atoms with Crippen LogP contribution in [-0.4, -0.2) is 33.3 Å². The number of hydrogen-bond donors (Lipinski definition) is 0. The molecule has 0 aliphatic heterocycles. The number of ketones is 1. The van der Waals surface area contributed by atoms with E-state index in [1.54, 1.807) is 34.8 Å². The fourth-order valence-corrected chi connectivity index (χ4v) is 5.29. The fraction of sp³-hybridized carbons (Fsp3) is 0.200. The minimum Gasteiger partial charge on any atom is -0.494 e. The number of aromatic nitrogens is 3. The molecule has 142 valence electrons. The van der Waals surface area contributed by atoms with Crippen molar-refractivity contribution in [3.63, 3.8) is 0 Å². The first-order valence-electron chi connectivity index (χ1n) is 8.72. The zero-order chi connectivity index (χ0) is 19.5. The lowest BCUT2D eigenvalue weighted by molar-refractivity contribution is 0.102. The first kappa shape index (κ1) is 19.0. The minimum atomic E-state index is 0.0392. The summed E-state index contributed by atoms with van der Waals surface area (Å²) in [5.41, 5.74) is 2.34. The van der Waals surface area contributed by atoms with Gasteiger partial charge < -0.3 is 4.74 Å². The monoisotopic (exact) mass is 427 g/mol. The van der Waals surface area contributed by atoms with E-state index in [4.69, 9.17) is 4.74 Å². The Morgan fingerprint density at radius 2 is 2.00 bits per heavy atom. The van der Waals surface area contributed by atoms with E-state index < -0.39 is 0 Å². The Hall–Kier alpha value is -2.29. The molecule has 0 radical (unpaired) electrons. The molecule has 0 unspecified atom stereocenters. The van der Waals surface area contributed by atoms with Crippen LogP contribution in [0.3, 0.4) is 0 Å². The molecule has 0 amide bonds. The summed E-state index contributed by atoms with van der Waals surface area (Å²) in [6.07, 6.45) is 0. The molecule has 0 fully saturated rings. The van der Waals surface area contributed by atoms with Gasteiger partial charge in [0.15, 0.2) is 5.78 Å². The van der Waals surface area contributed by atoms with Crippen molar-refractivity contribution in [1.82, 2.24) is 15.2 Å². The van der Waals surface area contributed by atoms with Gasteiger partial charge in [0.1, 0.15) is 22.0 Å². The van der Waals surface area contributed by atoms with Crippen LogP contribution in [0.25, 0.3) is 20.8 Å². The molecule has 0 spiro atoms. The normalized spacial score (nSPS) is 11.1. The Morgan fingerprint density at radius 3 is 2.71 bits per heavy atom. The predicted molar refractivity (Wildman–Crippen MR) is 116 cm³/mol. The zero-order valence-electron chi connectivity index (χ0n) is 15.3. The van der Waals surface area contributed by atoms with Gasteiger partial charge in [-0.15, -0.1) is 32.9 Å². The molecule has 0 saturated carbocycles. The quantitative estimate of drug-likeness (QED) is 0.287. The number of carbonyl (C=O) groups excluding carboxylic acids is 1. The Balaban J connectivity index is 1.55. The summed E-state index contributed by atoms with van der Waals surface area (Å²) in [7, 11) is 0. The molecule has 4 aromatic rings. The number of carbonyl (C=O) groups is 1. The average molecular weight is 428 g/mol. The van der Waals surface area contributed by atoms with Gasteiger partial charge in [-0.2, -0.15) is 0 Å². The lowest BCUT2D eigenvalue weighted by atomic mass is 10.1. The molecule has 3 heterocycles. The number of ether oxygens (including phenoxy) is 1. The maximum absolute atomic E-state index is 12.6. The van der Waals surface area contributed by atoms with E-state index in [0.717, 1.165) is 31.5 Å². The number of rotatable bonds is 7. The van der Waals surface area contributed by atoms with Gasteiger partial charge in [-0.1, -0.05) is 17.8 Å². The first-order valence-corrected chi connectivity index (χ1v) is 11.4. The average Bonchev–Trinajstić information content (AvgIpc) is 3.36. The van der Waals surface area contributed by atoms with Crippen LogP contribution in [-0.2, 0) is 0 Å². The number of nitrogens with zero attached hydrogens (tertiary/aromatic N) is 3. The van der Waals surface area contributed by atoms with Crippen LogP contribution in [0.2, 0.25) is 0 Å². The summed E-state index contributed by atoms with van der Waals surface area (Å²) in [5.74, 6) is 1.09. The summed E-state index contributed by atoms with van der Waals surface area (Å²) in [6, 6.07) is 11.3. The number of fused-ring (bicyclic) bond motifs is 1.